The molecule has 0 spiro atoms. The Morgan fingerprint density at radius 1 is 1.05 bits per heavy atom. The molecule has 1 N–H and O–H groups in total. The molecule has 2 aliphatic heterocycles. The number of fused-ring (bicyclic) bond motifs is 1. The van der Waals surface area contributed by atoms with Crippen LogP contribution in [0.1, 0.15) is 89.5 Å². The predicted molar refractivity (Wildman–Crippen MR) is 160 cm³/mol. The van der Waals surface area contributed by atoms with E-state index in [1.54, 1.807) is 0 Å². The van der Waals surface area contributed by atoms with Gasteiger partial charge in [-0.1, -0.05) is 37.3 Å². The molecule has 1 aromatic heterocycles. The second-order valence-corrected chi connectivity index (χ2v) is 12.3. The Kier molecular flexibility index (Phi) is 9.63. The van der Waals surface area contributed by atoms with Gasteiger partial charge in [-0.3, -0.25) is 0 Å². The lowest BCUT2D eigenvalue weighted by Crippen LogP contribution is -2.34. The Morgan fingerprint density at radius 2 is 1.80 bits per heavy atom. The third kappa shape index (κ3) is 7.87. The topological polar surface area (TPSA) is 83.8 Å². The first-order valence-electron chi connectivity index (χ1n) is 15.2. The molecule has 3 heterocycles. The number of aromatic nitrogens is 2. The highest BCUT2D eigenvalue weighted by molar-refractivity contribution is 5.89. The summed E-state index contributed by atoms with van der Waals surface area (Å²) in [5.41, 5.74) is 5.18. The number of ether oxygens (including phenoxy) is 4. The number of amides is 1. The van der Waals surface area contributed by atoms with Crippen molar-refractivity contribution in [1.82, 2.24) is 15.1 Å². The lowest BCUT2D eigenvalue weighted by molar-refractivity contribution is -0.161. The SMILES string of the molecule is CC(CNC(=O)OC(C)(C)C)c1ccc(-c2ccc3nn(C4CCCCO4)cc3c2CCOC2CCCCO2)cc1. The summed E-state index contributed by atoms with van der Waals surface area (Å²) in [6.45, 7) is 10.4. The molecule has 2 aliphatic rings. The van der Waals surface area contributed by atoms with E-state index in [2.05, 4.69) is 54.8 Å². The zero-order valence-corrected chi connectivity index (χ0v) is 25.0. The highest BCUT2D eigenvalue weighted by atomic mass is 16.7. The molecule has 3 aromatic rings. The second-order valence-electron chi connectivity index (χ2n) is 12.3. The highest BCUT2D eigenvalue weighted by Gasteiger charge is 2.21. The Hall–Kier alpha value is -2.94. The molecule has 8 heteroatoms. The van der Waals surface area contributed by atoms with Crippen LogP contribution in [0.5, 0.6) is 0 Å². The molecule has 8 nitrogen and oxygen atoms in total. The van der Waals surface area contributed by atoms with Crippen molar-refractivity contribution in [2.45, 2.75) is 96.7 Å². The fourth-order valence-electron chi connectivity index (χ4n) is 5.58. The van der Waals surface area contributed by atoms with Crippen LogP contribution in [0, 0.1) is 0 Å². The largest absolute Gasteiger partial charge is 0.444 e. The number of nitrogens with one attached hydrogen (secondary N) is 1. The minimum absolute atomic E-state index is 0.00519. The summed E-state index contributed by atoms with van der Waals surface area (Å²) in [6.07, 6.45) is 8.88. The molecular weight excluding hydrogens is 518 g/mol. The first-order valence-corrected chi connectivity index (χ1v) is 15.2. The van der Waals surface area contributed by atoms with Gasteiger partial charge in [0, 0.05) is 31.3 Å². The molecule has 1 amide bonds. The van der Waals surface area contributed by atoms with Gasteiger partial charge >= 0.3 is 6.09 Å². The molecule has 3 atom stereocenters. The lowest BCUT2D eigenvalue weighted by Gasteiger charge is -2.23. The first kappa shape index (κ1) is 29.5. The lowest BCUT2D eigenvalue weighted by atomic mass is 9.92. The quantitative estimate of drug-likeness (QED) is 0.299. The number of rotatable bonds is 9. The summed E-state index contributed by atoms with van der Waals surface area (Å²) in [7, 11) is 0. The van der Waals surface area contributed by atoms with Crippen LogP contribution in [0.3, 0.4) is 0 Å². The second kappa shape index (κ2) is 13.4. The smallest absolute Gasteiger partial charge is 0.407 e. The van der Waals surface area contributed by atoms with Crippen LogP contribution in [0.4, 0.5) is 4.79 Å². The van der Waals surface area contributed by atoms with Gasteiger partial charge < -0.3 is 24.3 Å². The number of carbonyl (C=O) groups is 1. The van der Waals surface area contributed by atoms with E-state index in [0.717, 1.165) is 80.2 Å². The van der Waals surface area contributed by atoms with Crippen LogP contribution in [0.15, 0.2) is 42.6 Å². The summed E-state index contributed by atoms with van der Waals surface area (Å²) in [6, 6.07) is 12.9. The van der Waals surface area contributed by atoms with Crippen LogP contribution >= 0.6 is 0 Å². The molecule has 2 saturated heterocycles. The summed E-state index contributed by atoms with van der Waals surface area (Å²) in [4.78, 5) is 12.1. The number of nitrogens with zero attached hydrogens (tertiary/aromatic N) is 2. The van der Waals surface area contributed by atoms with Crippen molar-refractivity contribution in [3.05, 3.63) is 53.7 Å². The Morgan fingerprint density at radius 3 is 2.49 bits per heavy atom. The molecule has 5 rings (SSSR count). The van der Waals surface area contributed by atoms with Gasteiger partial charge in [0.1, 0.15) is 11.8 Å². The fourth-order valence-corrected chi connectivity index (χ4v) is 5.58. The molecule has 222 valence electrons. The van der Waals surface area contributed by atoms with E-state index < -0.39 is 5.60 Å². The molecule has 0 saturated carbocycles. The molecular formula is C33H45N3O5. The van der Waals surface area contributed by atoms with Crippen molar-refractivity contribution < 1.29 is 23.7 Å². The maximum absolute atomic E-state index is 12.1. The minimum Gasteiger partial charge on any atom is -0.444 e. The van der Waals surface area contributed by atoms with Gasteiger partial charge in [0.25, 0.3) is 0 Å². The molecule has 2 aromatic carbocycles. The van der Waals surface area contributed by atoms with Crippen molar-refractivity contribution in [2.75, 3.05) is 26.4 Å². The number of alkyl carbamates (subject to hydrolysis) is 1. The number of hydrogen-bond donors (Lipinski definition) is 1. The van der Waals surface area contributed by atoms with Crippen molar-refractivity contribution in [3.63, 3.8) is 0 Å². The van der Waals surface area contributed by atoms with E-state index in [-0.39, 0.29) is 24.5 Å². The van der Waals surface area contributed by atoms with Crippen LogP contribution in [-0.4, -0.2) is 54.1 Å². The van der Waals surface area contributed by atoms with Gasteiger partial charge in [-0.2, -0.15) is 5.10 Å². The van der Waals surface area contributed by atoms with Crippen LogP contribution in [-0.2, 0) is 25.4 Å². The van der Waals surface area contributed by atoms with Gasteiger partial charge in [-0.15, -0.1) is 0 Å². The summed E-state index contributed by atoms with van der Waals surface area (Å²) < 4.78 is 25.4. The summed E-state index contributed by atoms with van der Waals surface area (Å²) >= 11 is 0. The van der Waals surface area contributed by atoms with E-state index in [1.807, 2.05) is 25.5 Å². The van der Waals surface area contributed by atoms with Crippen molar-refractivity contribution >= 4 is 17.0 Å². The molecule has 3 unspecified atom stereocenters. The Bertz CT molecular complexity index is 1280. The average molecular weight is 564 g/mol. The monoisotopic (exact) mass is 563 g/mol. The number of carbonyl (C=O) groups excluding carboxylic acids is 1. The third-order valence-electron chi connectivity index (χ3n) is 7.81. The number of hydrogen-bond acceptors (Lipinski definition) is 6. The van der Waals surface area contributed by atoms with Gasteiger partial charge in [-0.05, 0) is 100.0 Å². The maximum Gasteiger partial charge on any atom is 0.407 e. The van der Waals surface area contributed by atoms with E-state index in [0.29, 0.717) is 13.2 Å². The van der Waals surface area contributed by atoms with Gasteiger partial charge in [0.05, 0.1) is 12.1 Å². The highest BCUT2D eigenvalue weighted by Crippen LogP contribution is 2.33. The van der Waals surface area contributed by atoms with Gasteiger partial charge in [-0.25, -0.2) is 9.48 Å². The van der Waals surface area contributed by atoms with E-state index in [4.69, 9.17) is 24.0 Å². The van der Waals surface area contributed by atoms with Gasteiger partial charge in [0.15, 0.2) is 6.29 Å². The molecule has 2 fully saturated rings. The van der Waals surface area contributed by atoms with Crippen LogP contribution in [0.2, 0.25) is 0 Å². The normalized spacial score (nSPS) is 20.6. The molecule has 0 bridgehead atoms. The standard InChI is InChI=1S/C33H45N3O5/c1-23(21-34-32(37)41-33(2,3)4)24-11-13-25(14-12-24)26-15-16-29-28(22-36(35-29)30-9-5-7-18-38-30)27(26)17-20-40-31-10-6-8-19-39-31/h11-16,22-23,30-31H,5-10,17-21H2,1-4H3,(H,34,37). The van der Waals surface area contributed by atoms with Crippen LogP contribution < -0.4 is 5.32 Å². The molecule has 41 heavy (non-hydrogen) atoms. The molecule has 0 radical (unpaired) electrons. The maximum atomic E-state index is 12.1. The molecule has 0 aliphatic carbocycles. The first-order chi connectivity index (χ1) is 19.8. The van der Waals surface area contributed by atoms with Gasteiger partial charge in [0.2, 0.25) is 0 Å². The average Bonchev–Trinajstić information content (AvgIpc) is 3.41. The van der Waals surface area contributed by atoms with Crippen molar-refractivity contribution in [3.8, 4) is 11.1 Å². The summed E-state index contributed by atoms with van der Waals surface area (Å²) in [5, 5.41) is 8.94. The van der Waals surface area contributed by atoms with E-state index in [1.165, 1.54) is 11.1 Å². The minimum atomic E-state index is -0.512. The fraction of sp³-hybridized carbons (Fsp3) is 0.576. The summed E-state index contributed by atoms with van der Waals surface area (Å²) in [5.74, 6) is 0.149. The van der Waals surface area contributed by atoms with Crippen molar-refractivity contribution in [1.29, 1.82) is 0 Å². The Balaban J connectivity index is 1.35. The third-order valence-corrected chi connectivity index (χ3v) is 7.81. The van der Waals surface area contributed by atoms with Crippen LogP contribution in [0.25, 0.3) is 22.0 Å². The van der Waals surface area contributed by atoms with E-state index >= 15 is 0 Å². The van der Waals surface area contributed by atoms with Crippen molar-refractivity contribution in [2.24, 2.45) is 0 Å². The zero-order chi connectivity index (χ0) is 28.8. The predicted octanol–water partition coefficient (Wildman–Crippen LogP) is 7.12. The zero-order valence-electron chi connectivity index (χ0n) is 25.0. The Labute approximate surface area is 243 Å². The van der Waals surface area contributed by atoms with E-state index in [9.17, 15) is 4.79 Å². The number of benzene rings is 2.